The Balaban J connectivity index is 1.96. The van der Waals surface area contributed by atoms with Crippen molar-refractivity contribution in [1.29, 1.82) is 0 Å². The summed E-state index contributed by atoms with van der Waals surface area (Å²) in [6, 6.07) is 24.8. The summed E-state index contributed by atoms with van der Waals surface area (Å²) in [6.45, 7) is 2.23. The SMILES string of the molecule is CCc1cc2c(ccc3c4cc5ccccc5cc4ccc23)s1. The van der Waals surface area contributed by atoms with Crippen molar-refractivity contribution in [1.82, 2.24) is 0 Å². The number of rotatable bonds is 1. The van der Waals surface area contributed by atoms with Crippen molar-refractivity contribution >= 4 is 53.7 Å². The number of aryl methyl sites for hydroxylation is 1. The molecule has 4 aromatic carbocycles. The third kappa shape index (κ3) is 1.90. The summed E-state index contributed by atoms with van der Waals surface area (Å²) < 4.78 is 1.40. The van der Waals surface area contributed by atoms with E-state index in [1.54, 1.807) is 0 Å². The zero-order chi connectivity index (χ0) is 15.4. The van der Waals surface area contributed by atoms with Gasteiger partial charge in [0, 0.05) is 15.0 Å². The van der Waals surface area contributed by atoms with E-state index in [4.69, 9.17) is 0 Å². The Morgan fingerprint density at radius 1 is 0.652 bits per heavy atom. The molecule has 0 saturated carbocycles. The highest BCUT2D eigenvalue weighted by molar-refractivity contribution is 7.19. The molecule has 5 aromatic rings. The maximum absolute atomic E-state index is 2.37. The fraction of sp³-hybridized carbons (Fsp3) is 0.0909. The van der Waals surface area contributed by atoms with Gasteiger partial charge in [-0.05, 0) is 63.0 Å². The lowest BCUT2D eigenvalue weighted by atomic mass is 9.97. The van der Waals surface area contributed by atoms with E-state index >= 15 is 0 Å². The second-order valence-electron chi connectivity index (χ2n) is 6.12. The molecule has 0 aliphatic carbocycles. The summed E-state index contributed by atoms with van der Waals surface area (Å²) in [5.74, 6) is 0. The van der Waals surface area contributed by atoms with E-state index in [0.29, 0.717) is 0 Å². The van der Waals surface area contributed by atoms with Crippen molar-refractivity contribution in [2.45, 2.75) is 13.3 Å². The number of benzene rings is 4. The van der Waals surface area contributed by atoms with E-state index in [0.717, 1.165) is 6.42 Å². The third-order valence-corrected chi connectivity index (χ3v) is 6.02. The zero-order valence-corrected chi connectivity index (χ0v) is 13.8. The van der Waals surface area contributed by atoms with Gasteiger partial charge in [-0.3, -0.25) is 0 Å². The maximum Gasteiger partial charge on any atom is 0.0352 e. The summed E-state index contributed by atoms with van der Waals surface area (Å²) in [5.41, 5.74) is 0. The number of hydrogen-bond donors (Lipinski definition) is 0. The summed E-state index contributed by atoms with van der Waals surface area (Å²) in [6.07, 6.45) is 1.11. The van der Waals surface area contributed by atoms with Crippen LogP contribution in [0.15, 0.2) is 66.7 Å². The molecular weight excluding hydrogens is 296 g/mol. The molecule has 0 aliphatic rings. The molecule has 5 rings (SSSR count). The van der Waals surface area contributed by atoms with E-state index < -0.39 is 0 Å². The van der Waals surface area contributed by atoms with Crippen molar-refractivity contribution in [3.05, 3.63) is 71.6 Å². The molecule has 0 atom stereocenters. The molecule has 0 nitrogen and oxygen atoms in total. The summed E-state index contributed by atoms with van der Waals surface area (Å²) >= 11 is 1.92. The van der Waals surface area contributed by atoms with Gasteiger partial charge in [0.2, 0.25) is 0 Å². The van der Waals surface area contributed by atoms with Gasteiger partial charge in [-0.15, -0.1) is 11.3 Å². The Labute approximate surface area is 139 Å². The number of hydrogen-bond acceptors (Lipinski definition) is 1. The predicted octanol–water partition coefficient (Wildman–Crippen LogP) is 6.92. The maximum atomic E-state index is 2.37. The van der Waals surface area contributed by atoms with Gasteiger partial charge in [0.15, 0.2) is 0 Å². The van der Waals surface area contributed by atoms with Gasteiger partial charge in [-0.1, -0.05) is 49.4 Å². The van der Waals surface area contributed by atoms with Crippen LogP contribution in [0.1, 0.15) is 11.8 Å². The van der Waals surface area contributed by atoms with Gasteiger partial charge in [-0.2, -0.15) is 0 Å². The highest BCUT2D eigenvalue weighted by Crippen LogP contribution is 2.36. The standard InChI is InChI=1S/C22H16S/c1-2-17-13-21-19-8-7-16-11-14-5-3-4-6-15(14)12-20(16)18(19)9-10-22(21)23-17/h3-13H,2H2,1H3. The average Bonchev–Trinajstić information content (AvgIpc) is 3.03. The summed E-state index contributed by atoms with van der Waals surface area (Å²) in [7, 11) is 0. The van der Waals surface area contributed by atoms with Crippen LogP contribution < -0.4 is 0 Å². The van der Waals surface area contributed by atoms with Crippen molar-refractivity contribution in [3.63, 3.8) is 0 Å². The quantitative estimate of drug-likeness (QED) is 0.233. The van der Waals surface area contributed by atoms with Crippen molar-refractivity contribution in [2.24, 2.45) is 0 Å². The summed E-state index contributed by atoms with van der Waals surface area (Å²) in [5, 5.41) is 9.44. The molecule has 110 valence electrons. The molecule has 0 aliphatic heterocycles. The first-order valence-electron chi connectivity index (χ1n) is 8.10. The van der Waals surface area contributed by atoms with E-state index in [9.17, 15) is 0 Å². The van der Waals surface area contributed by atoms with Gasteiger partial charge in [0.1, 0.15) is 0 Å². The van der Waals surface area contributed by atoms with Gasteiger partial charge in [0.05, 0.1) is 0 Å². The molecule has 0 radical (unpaired) electrons. The second-order valence-corrected chi connectivity index (χ2v) is 7.29. The lowest BCUT2D eigenvalue weighted by molar-refractivity contribution is 1.19. The van der Waals surface area contributed by atoms with E-state index in [1.807, 2.05) is 11.3 Å². The lowest BCUT2D eigenvalue weighted by Gasteiger charge is -2.07. The smallest absolute Gasteiger partial charge is 0.0352 e. The fourth-order valence-electron chi connectivity index (χ4n) is 3.58. The highest BCUT2D eigenvalue weighted by atomic mass is 32.1. The van der Waals surface area contributed by atoms with Crippen LogP contribution in [0.3, 0.4) is 0 Å². The van der Waals surface area contributed by atoms with E-state index in [-0.39, 0.29) is 0 Å². The van der Waals surface area contributed by atoms with Crippen LogP contribution >= 0.6 is 11.3 Å². The molecule has 0 amide bonds. The molecule has 1 heterocycles. The summed E-state index contributed by atoms with van der Waals surface area (Å²) in [4.78, 5) is 1.46. The normalized spacial score (nSPS) is 11.9. The third-order valence-electron chi connectivity index (χ3n) is 4.78. The second kappa shape index (κ2) is 4.81. The van der Waals surface area contributed by atoms with E-state index in [2.05, 4.69) is 73.7 Å². The minimum Gasteiger partial charge on any atom is -0.140 e. The van der Waals surface area contributed by atoms with Gasteiger partial charge in [0.25, 0.3) is 0 Å². The monoisotopic (exact) mass is 312 g/mol. The molecule has 23 heavy (non-hydrogen) atoms. The highest BCUT2D eigenvalue weighted by Gasteiger charge is 2.08. The number of fused-ring (bicyclic) bond motifs is 6. The van der Waals surface area contributed by atoms with Crippen molar-refractivity contribution in [3.8, 4) is 0 Å². The van der Waals surface area contributed by atoms with Crippen LogP contribution in [0.4, 0.5) is 0 Å². The first kappa shape index (κ1) is 13.1. The Kier molecular flexibility index (Phi) is 2.74. The van der Waals surface area contributed by atoms with Gasteiger partial charge < -0.3 is 0 Å². The predicted molar refractivity (Wildman–Crippen MR) is 104 cm³/mol. The molecule has 0 saturated heterocycles. The van der Waals surface area contributed by atoms with Crippen LogP contribution in [0.5, 0.6) is 0 Å². The van der Waals surface area contributed by atoms with Crippen LogP contribution in [0, 0.1) is 0 Å². The Bertz CT molecular complexity index is 1190. The molecule has 1 heteroatoms. The number of thiophene rings is 1. The largest absolute Gasteiger partial charge is 0.140 e. The molecule has 0 bridgehead atoms. The molecule has 1 aromatic heterocycles. The lowest BCUT2D eigenvalue weighted by Crippen LogP contribution is -1.80. The molecular formula is C22H16S. The van der Waals surface area contributed by atoms with Crippen molar-refractivity contribution < 1.29 is 0 Å². The Morgan fingerprint density at radius 2 is 1.39 bits per heavy atom. The Hall–Kier alpha value is -2.38. The molecule has 0 fully saturated rings. The van der Waals surface area contributed by atoms with E-state index in [1.165, 1.54) is 47.3 Å². The van der Waals surface area contributed by atoms with Crippen LogP contribution in [0.25, 0.3) is 42.4 Å². The Morgan fingerprint density at radius 3 is 2.22 bits per heavy atom. The molecule has 0 unspecified atom stereocenters. The average molecular weight is 312 g/mol. The van der Waals surface area contributed by atoms with Crippen LogP contribution in [-0.2, 0) is 6.42 Å². The zero-order valence-electron chi connectivity index (χ0n) is 13.0. The first-order valence-corrected chi connectivity index (χ1v) is 8.92. The fourth-order valence-corrected chi connectivity index (χ4v) is 4.60. The topological polar surface area (TPSA) is 0 Å². The van der Waals surface area contributed by atoms with Crippen molar-refractivity contribution in [2.75, 3.05) is 0 Å². The molecule has 0 spiro atoms. The first-order chi connectivity index (χ1) is 11.3. The van der Waals surface area contributed by atoms with Crippen LogP contribution in [-0.4, -0.2) is 0 Å². The minimum atomic E-state index is 1.11. The molecule has 0 N–H and O–H groups in total. The van der Waals surface area contributed by atoms with Crippen LogP contribution in [0.2, 0.25) is 0 Å². The van der Waals surface area contributed by atoms with Gasteiger partial charge in [-0.25, -0.2) is 0 Å². The minimum absolute atomic E-state index is 1.11. The van der Waals surface area contributed by atoms with Gasteiger partial charge >= 0.3 is 0 Å².